The van der Waals surface area contributed by atoms with Crippen molar-refractivity contribution in [2.75, 3.05) is 24.9 Å². The molecule has 0 spiro atoms. The highest BCUT2D eigenvalue weighted by Crippen LogP contribution is 2.40. The summed E-state index contributed by atoms with van der Waals surface area (Å²) < 4.78 is 10.2. The molecular formula is C22H22N2O4S. The zero-order valence-corrected chi connectivity index (χ0v) is 17.5. The van der Waals surface area contributed by atoms with Gasteiger partial charge in [-0.1, -0.05) is 29.8 Å². The van der Waals surface area contributed by atoms with Crippen molar-refractivity contribution in [3.05, 3.63) is 64.5 Å². The summed E-state index contributed by atoms with van der Waals surface area (Å²) in [6.45, 7) is 3.88. The molecule has 0 saturated heterocycles. The van der Waals surface area contributed by atoms with Crippen LogP contribution in [0.5, 0.6) is 5.75 Å². The number of thiophene rings is 1. The van der Waals surface area contributed by atoms with Gasteiger partial charge < -0.3 is 14.8 Å². The molecule has 0 aliphatic carbocycles. The number of urea groups is 1. The highest BCUT2D eigenvalue weighted by molar-refractivity contribution is 7.17. The molecule has 150 valence electrons. The standard InChI is InChI=1S/C22H22N2O4S/c1-13-5-9-16(10-6-13)23-22(26)24-20-19(21(25)28-4)18(14(2)29-20)15-7-11-17(27-3)12-8-15/h5-12H,1-4H3,(H2,23,24,26). The van der Waals surface area contributed by atoms with Gasteiger partial charge in [-0.2, -0.15) is 0 Å². The van der Waals surface area contributed by atoms with Crippen molar-refractivity contribution < 1.29 is 19.1 Å². The number of nitrogens with one attached hydrogen (secondary N) is 2. The van der Waals surface area contributed by atoms with E-state index in [0.717, 1.165) is 27.3 Å². The molecule has 2 N–H and O–H groups in total. The van der Waals surface area contributed by atoms with Crippen molar-refractivity contribution >= 4 is 34.0 Å². The van der Waals surface area contributed by atoms with E-state index in [1.807, 2.05) is 62.4 Å². The lowest BCUT2D eigenvalue weighted by atomic mass is 10.0. The number of ether oxygens (including phenoxy) is 2. The van der Waals surface area contributed by atoms with E-state index in [4.69, 9.17) is 9.47 Å². The number of hydrogen-bond acceptors (Lipinski definition) is 5. The van der Waals surface area contributed by atoms with E-state index in [0.29, 0.717) is 16.3 Å². The second-order valence-electron chi connectivity index (χ2n) is 6.40. The van der Waals surface area contributed by atoms with E-state index in [1.54, 1.807) is 7.11 Å². The van der Waals surface area contributed by atoms with Gasteiger partial charge in [-0.15, -0.1) is 11.3 Å². The van der Waals surface area contributed by atoms with Crippen LogP contribution in [-0.4, -0.2) is 26.2 Å². The fourth-order valence-electron chi connectivity index (χ4n) is 2.94. The van der Waals surface area contributed by atoms with Crippen LogP contribution in [0.1, 0.15) is 20.8 Å². The van der Waals surface area contributed by atoms with Gasteiger partial charge in [0.1, 0.15) is 16.3 Å². The van der Waals surface area contributed by atoms with Gasteiger partial charge in [0.05, 0.1) is 14.2 Å². The Morgan fingerprint density at radius 3 is 2.14 bits per heavy atom. The van der Waals surface area contributed by atoms with Crippen LogP contribution >= 0.6 is 11.3 Å². The number of amides is 2. The first-order valence-corrected chi connectivity index (χ1v) is 9.75. The first-order chi connectivity index (χ1) is 13.9. The lowest BCUT2D eigenvalue weighted by molar-refractivity contribution is 0.0603. The van der Waals surface area contributed by atoms with Crippen LogP contribution in [0.25, 0.3) is 11.1 Å². The van der Waals surface area contributed by atoms with E-state index in [-0.39, 0.29) is 0 Å². The summed E-state index contributed by atoms with van der Waals surface area (Å²) in [5.41, 5.74) is 3.67. The molecule has 1 aromatic heterocycles. The Kier molecular flexibility index (Phi) is 6.19. The molecule has 0 atom stereocenters. The van der Waals surface area contributed by atoms with Crippen LogP contribution in [0.15, 0.2) is 48.5 Å². The SMILES string of the molecule is COC(=O)c1c(NC(=O)Nc2ccc(C)cc2)sc(C)c1-c1ccc(OC)cc1. The molecule has 0 radical (unpaired) electrons. The molecule has 0 aliphatic rings. The number of methoxy groups -OCH3 is 2. The summed E-state index contributed by atoms with van der Waals surface area (Å²) in [7, 11) is 2.92. The molecule has 2 aromatic carbocycles. The Bertz CT molecular complexity index is 1020. The van der Waals surface area contributed by atoms with Crippen LogP contribution in [0.3, 0.4) is 0 Å². The largest absolute Gasteiger partial charge is 0.497 e. The van der Waals surface area contributed by atoms with Gasteiger partial charge in [0.25, 0.3) is 0 Å². The Morgan fingerprint density at radius 1 is 0.897 bits per heavy atom. The number of carbonyl (C=O) groups is 2. The summed E-state index contributed by atoms with van der Waals surface area (Å²) in [5.74, 6) is 0.211. The van der Waals surface area contributed by atoms with E-state index in [9.17, 15) is 9.59 Å². The number of benzene rings is 2. The zero-order chi connectivity index (χ0) is 21.0. The maximum atomic E-state index is 12.5. The monoisotopic (exact) mass is 410 g/mol. The van der Waals surface area contributed by atoms with Crippen molar-refractivity contribution in [3.8, 4) is 16.9 Å². The van der Waals surface area contributed by atoms with E-state index < -0.39 is 12.0 Å². The predicted octanol–water partition coefficient (Wildman–Crippen LogP) is 5.47. The second-order valence-corrected chi connectivity index (χ2v) is 7.63. The van der Waals surface area contributed by atoms with Crippen LogP contribution < -0.4 is 15.4 Å². The molecule has 29 heavy (non-hydrogen) atoms. The predicted molar refractivity (Wildman–Crippen MR) is 116 cm³/mol. The minimum Gasteiger partial charge on any atom is -0.497 e. The third-order valence-corrected chi connectivity index (χ3v) is 5.41. The highest BCUT2D eigenvalue weighted by Gasteiger charge is 2.25. The van der Waals surface area contributed by atoms with Gasteiger partial charge >= 0.3 is 12.0 Å². The molecule has 2 amide bonds. The molecule has 7 heteroatoms. The fraction of sp³-hybridized carbons (Fsp3) is 0.182. The summed E-state index contributed by atoms with van der Waals surface area (Å²) in [6.07, 6.45) is 0. The molecule has 1 heterocycles. The molecule has 3 rings (SSSR count). The number of rotatable bonds is 5. The number of anilines is 2. The summed E-state index contributed by atoms with van der Waals surface area (Å²) >= 11 is 1.33. The Balaban J connectivity index is 1.92. The zero-order valence-electron chi connectivity index (χ0n) is 16.7. The second kappa shape index (κ2) is 8.79. The van der Waals surface area contributed by atoms with E-state index >= 15 is 0 Å². The molecule has 0 fully saturated rings. The quantitative estimate of drug-likeness (QED) is 0.547. The van der Waals surface area contributed by atoms with Gasteiger partial charge in [0.15, 0.2) is 0 Å². The summed E-state index contributed by atoms with van der Waals surface area (Å²) in [5, 5.41) is 5.99. The molecule has 3 aromatic rings. The topological polar surface area (TPSA) is 76.7 Å². The normalized spacial score (nSPS) is 10.3. The van der Waals surface area contributed by atoms with Crippen LogP contribution in [0.2, 0.25) is 0 Å². The molecule has 0 bridgehead atoms. The van der Waals surface area contributed by atoms with Gasteiger partial charge in [-0.25, -0.2) is 9.59 Å². The molecule has 6 nitrogen and oxygen atoms in total. The maximum absolute atomic E-state index is 12.5. The lowest BCUT2D eigenvalue weighted by Gasteiger charge is -2.10. The summed E-state index contributed by atoms with van der Waals surface area (Å²) in [4.78, 5) is 25.9. The lowest BCUT2D eigenvalue weighted by Crippen LogP contribution is -2.20. The van der Waals surface area contributed by atoms with Crippen molar-refractivity contribution in [1.82, 2.24) is 0 Å². The fourth-order valence-corrected chi connectivity index (χ4v) is 4.00. The Morgan fingerprint density at radius 2 is 1.55 bits per heavy atom. The first-order valence-electron chi connectivity index (χ1n) is 8.93. The third kappa shape index (κ3) is 4.57. The van der Waals surface area contributed by atoms with Crippen molar-refractivity contribution in [2.45, 2.75) is 13.8 Å². The van der Waals surface area contributed by atoms with E-state index in [1.165, 1.54) is 18.4 Å². The molecule has 0 unspecified atom stereocenters. The van der Waals surface area contributed by atoms with Gasteiger partial charge in [0, 0.05) is 16.1 Å². The van der Waals surface area contributed by atoms with Crippen LogP contribution in [0.4, 0.5) is 15.5 Å². The van der Waals surface area contributed by atoms with Crippen LogP contribution in [0, 0.1) is 13.8 Å². The molecule has 0 saturated carbocycles. The van der Waals surface area contributed by atoms with Crippen LogP contribution in [-0.2, 0) is 4.74 Å². The Labute approximate surface area is 173 Å². The maximum Gasteiger partial charge on any atom is 0.341 e. The average molecular weight is 410 g/mol. The average Bonchev–Trinajstić information content (AvgIpc) is 3.04. The van der Waals surface area contributed by atoms with E-state index in [2.05, 4.69) is 10.6 Å². The van der Waals surface area contributed by atoms with Gasteiger partial charge in [0.2, 0.25) is 0 Å². The number of aryl methyl sites for hydroxylation is 2. The Hall–Kier alpha value is -3.32. The summed E-state index contributed by atoms with van der Waals surface area (Å²) in [6, 6.07) is 14.4. The van der Waals surface area contributed by atoms with Gasteiger partial charge in [-0.05, 0) is 43.7 Å². The van der Waals surface area contributed by atoms with Crippen molar-refractivity contribution in [2.24, 2.45) is 0 Å². The highest BCUT2D eigenvalue weighted by atomic mass is 32.1. The number of carbonyl (C=O) groups excluding carboxylic acids is 2. The molecular weight excluding hydrogens is 388 g/mol. The van der Waals surface area contributed by atoms with Crippen molar-refractivity contribution in [3.63, 3.8) is 0 Å². The molecule has 0 aliphatic heterocycles. The number of hydrogen-bond donors (Lipinski definition) is 2. The minimum atomic E-state index is -0.509. The first kappa shape index (κ1) is 20.4. The minimum absolute atomic E-state index is 0.333. The third-order valence-electron chi connectivity index (χ3n) is 4.39. The van der Waals surface area contributed by atoms with Crippen molar-refractivity contribution in [1.29, 1.82) is 0 Å². The number of esters is 1. The van der Waals surface area contributed by atoms with Gasteiger partial charge in [-0.3, -0.25) is 5.32 Å². The smallest absolute Gasteiger partial charge is 0.341 e.